The Kier molecular flexibility index (Phi) is 5.80. The topological polar surface area (TPSA) is 12.0 Å². The van der Waals surface area contributed by atoms with Crippen LogP contribution in [0.25, 0.3) is 0 Å². The van der Waals surface area contributed by atoms with Crippen molar-refractivity contribution < 1.29 is 13.2 Å². The Hall–Kier alpha value is -0.510. The third kappa shape index (κ3) is 9.49. The predicted molar refractivity (Wildman–Crippen MR) is 43.0 cm³/mol. The van der Waals surface area contributed by atoms with Crippen LogP contribution in [0.4, 0.5) is 13.2 Å². The van der Waals surface area contributed by atoms with Gasteiger partial charge in [-0.05, 0) is 25.9 Å². The van der Waals surface area contributed by atoms with Crippen molar-refractivity contribution in [3.05, 3.63) is 12.7 Å². The summed E-state index contributed by atoms with van der Waals surface area (Å²) in [6, 6.07) is 0. The fourth-order valence-corrected chi connectivity index (χ4v) is 0.743. The minimum absolute atomic E-state index is 0.153. The number of hydrogen-bond donors (Lipinski definition) is 1. The lowest BCUT2D eigenvalue weighted by atomic mass is 10.3. The number of nitrogens with one attached hydrogen (secondary N) is 1. The van der Waals surface area contributed by atoms with Gasteiger partial charge in [0, 0.05) is 6.42 Å². The van der Waals surface area contributed by atoms with Gasteiger partial charge in [0.15, 0.2) is 0 Å². The van der Waals surface area contributed by atoms with Crippen molar-refractivity contribution in [2.24, 2.45) is 0 Å². The first-order chi connectivity index (χ1) is 5.56. The Morgan fingerprint density at radius 1 is 1.25 bits per heavy atom. The molecule has 4 heteroatoms. The van der Waals surface area contributed by atoms with Crippen LogP contribution in [0.5, 0.6) is 0 Å². The Morgan fingerprint density at radius 3 is 2.42 bits per heavy atom. The van der Waals surface area contributed by atoms with Gasteiger partial charge < -0.3 is 5.32 Å². The van der Waals surface area contributed by atoms with Gasteiger partial charge in [-0.1, -0.05) is 6.08 Å². The summed E-state index contributed by atoms with van der Waals surface area (Å²) in [5.74, 6) is 0. The van der Waals surface area contributed by atoms with E-state index in [4.69, 9.17) is 0 Å². The molecule has 72 valence electrons. The Balaban J connectivity index is 3.06. The molecule has 0 amide bonds. The molecule has 0 aliphatic carbocycles. The fraction of sp³-hybridized carbons (Fsp3) is 0.750. The molecule has 0 atom stereocenters. The average molecular weight is 181 g/mol. The van der Waals surface area contributed by atoms with Gasteiger partial charge in [-0.15, -0.1) is 6.58 Å². The maximum absolute atomic E-state index is 11.6. The molecule has 0 aromatic heterocycles. The summed E-state index contributed by atoms with van der Waals surface area (Å²) < 4.78 is 34.8. The van der Waals surface area contributed by atoms with Gasteiger partial charge in [-0.25, -0.2) is 0 Å². The normalized spacial score (nSPS) is 11.6. The van der Waals surface area contributed by atoms with Crippen LogP contribution in [0, 0.1) is 0 Å². The zero-order chi connectivity index (χ0) is 9.45. The van der Waals surface area contributed by atoms with Crippen molar-refractivity contribution in [3.8, 4) is 0 Å². The van der Waals surface area contributed by atoms with E-state index in [9.17, 15) is 13.2 Å². The Labute approximate surface area is 70.7 Å². The maximum Gasteiger partial charge on any atom is 0.389 e. The van der Waals surface area contributed by atoms with E-state index in [1.54, 1.807) is 6.08 Å². The van der Waals surface area contributed by atoms with Crippen LogP contribution in [0.1, 0.15) is 19.3 Å². The second-order valence-corrected chi connectivity index (χ2v) is 2.55. The predicted octanol–water partition coefficient (Wildman–Crippen LogP) is 2.49. The van der Waals surface area contributed by atoms with Gasteiger partial charge >= 0.3 is 6.18 Å². The highest BCUT2D eigenvalue weighted by Crippen LogP contribution is 2.20. The van der Waals surface area contributed by atoms with Crippen LogP contribution in [0.3, 0.4) is 0 Å². The zero-order valence-corrected chi connectivity index (χ0v) is 6.95. The van der Waals surface area contributed by atoms with E-state index in [1.807, 2.05) is 0 Å². The first-order valence-corrected chi connectivity index (χ1v) is 3.94. The molecule has 0 saturated heterocycles. The first kappa shape index (κ1) is 11.5. The van der Waals surface area contributed by atoms with Crippen LogP contribution in [-0.4, -0.2) is 19.3 Å². The van der Waals surface area contributed by atoms with Crippen molar-refractivity contribution in [2.75, 3.05) is 13.1 Å². The van der Waals surface area contributed by atoms with Crippen LogP contribution in [0.2, 0.25) is 0 Å². The van der Waals surface area contributed by atoms with Crippen molar-refractivity contribution in [3.63, 3.8) is 0 Å². The Morgan fingerprint density at radius 2 is 1.92 bits per heavy atom. The molecule has 0 aromatic carbocycles. The largest absolute Gasteiger partial charge is 0.389 e. The summed E-state index contributed by atoms with van der Waals surface area (Å²) in [5, 5.41) is 2.89. The minimum Gasteiger partial charge on any atom is -0.316 e. The van der Waals surface area contributed by atoms with E-state index in [0.29, 0.717) is 13.1 Å². The van der Waals surface area contributed by atoms with Crippen molar-refractivity contribution in [1.29, 1.82) is 0 Å². The van der Waals surface area contributed by atoms with Gasteiger partial charge in [0.2, 0.25) is 0 Å². The SMILES string of the molecule is C=CCCNCCCC(F)(F)F. The standard InChI is InChI=1S/C8H14F3N/c1-2-3-6-12-7-4-5-8(9,10)11/h2,12H,1,3-7H2. The summed E-state index contributed by atoms with van der Waals surface area (Å²) in [4.78, 5) is 0. The Bertz CT molecular complexity index is 120. The molecule has 0 saturated carbocycles. The molecule has 1 nitrogen and oxygen atoms in total. The fourth-order valence-electron chi connectivity index (χ4n) is 0.743. The number of halogens is 3. The summed E-state index contributed by atoms with van der Waals surface area (Å²) in [7, 11) is 0. The molecule has 0 fully saturated rings. The monoisotopic (exact) mass is 181 g/mol. The molecule has 0 rings (SSSR count). The minimum atomic E-state index is -4.01. The molecule has 0 aliphatic heterocycles. The highest BCUT2D eigenvalue weighted by molar-refractivity contribution is 4.67. The summed E-state index contributed by atoms with van der Waals surface area (Å²) in [5.41, 5.74) is 0. The lowest BCUT2D eigenvalue weighted by molar-refractivity contribution is -0.135. The van der Waals surface area contributed by atoms with Crippen molar-refractivity contribution in [2.45, 2.75) is 25.4 Å². The van der Waals surface area contributed by atoms with E-state index in [-0.39, 0.29) is 6.42 Å². The summed E-state index contributed by atoms with van der Waals surface area (Å²) in [6.07, 6.45) is -2.03. The lowest BCUT2D eigenvalue weighted by Gasteiger charge is -2.05. The van der Waals surface area contributed by atoms with E-state index < -0.39 is 12.6 Å². The molecule has 0 heterocycles. The maximum atomic E-state index is 11.6. The van der Waals surface area contributed by atoms with Gasteiger partial charge in [0.1, 0.15) is 0 Å². The molecule has 0 radical (unpaired) electrons. The van der Waals surface area contributed by atoms with Gasteiger partial charge in [-0.2, -0.15) is 13.2 Å². The van der Waals surface area contributed by atoms with Gasteiger partial charge in [0.25, 0.3) is 0 Å². The highest BCUT2D eigenvalue weighted by Gasteiger charge is 2.25. The molecular weight excluding hydrogens is 167 g/mol. The van der Waals surface area contributed by atoms with Gasteiger partial charge in [0.05, 0.1) is 0 Å². The third-order valence-corrected chi connectivity index (χ3v) is 1.34. The lowest BCUT2D eigenvalue weighted by Crippen LogP contribution is -2.18. The molecule has 1 N–H and O–H groups in total. The molecule has 0 aromatic rings. The van der Waals surface area contributed by atoms with Crippen LogP contribution in [0.15, 0.2) is 12.7 Å². The number of rotatable bonds is 6. The molecule has 12 heavy (non-hydrogen) atoms. The second-order valence-electron chi connectivity index (χ2n) is 2.55. The molecular formula is C8H14F3N. The van der Waals surface area contributed by atoms with Crippen molar-refractivity contribution in [1.82, 2.24) is 5.32 Å². The second kappa shape index (κ2) is 6.06. The summed E-state index contributed by atoms with van der Waals surface area (Å²) >= 11 is 0. The van der Waals surface area contributed by atoms with E-state index in [1.165, 1.54) is 0 Å². The van der Waals surface area contributed by atoms with Crippen LogP contribution in [-0.2, 0) is 0 Å². The third-order valence-electron chi connectivity index (χ3n) is 1.34. The highest BCUT2D eigenvalue weighted by atomic mass is 19.4. The molecule has 0 spiro atoms. The van der Waals surface area contributed by atoms with Crippen LogP contribution < -0.4 is 5.32 Å². The van der Waals surface area contributed by atoms with Gasteiger partial charge in [-0.3, -0.25) is 0 Å². The number of hydrogen-bond acceptors (Lipinski definition) is 1. The zero-order valence-electron chi connectivity index (χ0n) is 6.95. The molecule has 0 aliphatic rings. The smallest absolute Gasteiger partial charge is 0.316 e. The average Bonchev–Trinajstić information content (AvgIpc) is 1.94. The van der Waals surface area contributed by atoms with E-state index >= 15 is 0 Å². The molecule has 0 bridgehead atoms. The van der Waals surface area contributed by atoms with Crippen molar-refractivity contribution >= 4 is 0 Å². The van der Waals surface area contributed by atoms with E-state index in [2.05, 4.69) is 11.9 Å². The number of alkyl halides is 3. The molecule has 0 unspecified atom stereocenters. The first-order valence-electron chi connectivity index (χ1n) is 3.94. The van der Waals surface area contributed by atoms with Crippen LogP contribution >= 0.6 is 0 Å². The quantitative estimate of drug-likeness (QED) is 0.490. The summed E-state index contributed by atoms with van der Waals surface area (Å²) in [6.45, 7) is 4.63. The van der Waals surface area contributed by atoms with E-state index in [0.717, 1.165) is 6.42 Å².